The minimum absolute atomic E-state index is 0.0712. The van der Waals surface area contributed by atoms with Gasteiger partial charge in [0.15, 0.2) is 0 Å². The summed E-state index contributed by atoms with van der Waals surface area (Å²) in [6.45, 7) is 16.3. The molecule has 0 aromatic heterocycles. The molecule has 0 aliphatic carbocycles. The van der Waals surface area contributed by atoms with Crippen LogP contribution in [0, 0.1) is 17.9 Å². The molecule has 0 saturated carbocycles. The van der Waals surface area contributed by atoms with E-state index < -0.39 is 39.7 Å². The molecule has 1 unspecified atom stereocenters. The summed E-state index contributed by atoms with van der Waals surface area (Å²) in [6, 6.07) is 17.3. The molecule has 0 bridgehead atoms. The van der Waals surface area contributed by atoms with Crippen LogP contribution in [-0.4, -0.2) is 124 Å². The number of hydrogen-bond acceptors (Lipinski definition) is 10. The molecule has 314 valence electrons. The number of benzene rings is 3. The number of rotatable bonds is 8. The predicted molar refractivity (Wildman–Crippen MR) is 228 cm³/mol. The summed E-state index contributed by atoms with van der Waals surface area (Å²) in [5.41, 5.74) is 4.05. The van der Waals surface area contributed by atoms with Crippen molar-refractivity contribution in [1.82, 2.24) is 19.4 Å². The van der Waals surface area contributed by atoms with Crippen molar-refractivity contribution in [3.8, 4) is 0 Å². The van der Waals surface area contributed by atoms with E-state index in [1.807, 2.05) is 30.3 Å². The molecule has 1 N–H and O–H groups in total. The number of imide groups is 2. The van der Waals surface area contributed by atoms with E-state index in [-0.39, 0.29) is 18.3 Å². The Morgan fingerprint density at radius 3 is 2.03 bits per heavy atom. The van der Waals surface area contributed by atoms with Crippen molar-refractivity contribution in [2.75, 3.05) is 86.7 Å². The number of fused-ring (bicyclic) bond motifs is 1. The van der Waals surface area contributed by atoms with E-state index >= 15 is 0 Å². The molecule has 0 radical (unpaired) electrons. The van der Waals surface area contributed by atoms with Crippen LogP contribution in [-0.2, 0) is 19.6 Å². The lowest BCUT2D eigenvalue weighted by molar-refractivity contribution is -0.136. The average Bonchev–Trinajstić information content (AvgIpc) is 3.78. The first-order valence-electron chi connectivity index (χ1n) is 21.0. The van der Waals surface area contributed by atoms with Crippen LogP contribution in [0.4, 0.5) is 22.7 Å². The molecule has 5 fully saturated rings. The SMILES string of the molecule is [C-]#[N+]c1ccc(N2CCC3(CCN(S(=O)(=O)c4ccc(N5CCN(CC6CCN(c7ccc8c(c7)C(=O)N(C7CCC(=O)NC7=O)C8=O)CC6)CC5)cc4)CC3)C2)cc1Cl. The second-order valence-electron chi connectivity index (χ2n) is 17.2. The smallest absolute Gasteiger partial charge is 0.262 e. The molecule has 14 nitrogen and oxygen atoms in total. The van der Waals surface area contributed by atoms with E-state index in [0.717, 1.165) is 113 Å². The third kappa shape index (κ3) is 7.63. The maximum atomic E-state index is 13.8. The lowest BCUT2D eigenvalue weighted by atomic mass is 9.78. The van der Waals surface area contributed by atoms with Crippen LogP contribution in [0.2, 0.25) is 5.02 Å². The van der Waals surface area contributed by atoms with Crippen molar-refractivity contribution in [2.24, 2.45) is 11.3 Å². The summed E-state index contributed by atoms with van der Waals surface area (Å²) >= 11 is 6.32. The number of piperazine rings is 1. The van der Waals surface area contributed by atoms with Crippen LogP contribution in [0.25, 0.3) is 4.85 Å². The molecule has 3 aromatic rings. The Hall–Kier alpha value is -5.01. The van der Waals surface area contributed by atoms with Crippen molar-refractivity contribution in [1.29, 1.82) is 0 Å². The number of piperidine rings is 3. The van der Waals surface area contributed by atoms with Gasteiger partial charge in [0.1, 0.15) is 6.04 Å². The predicted octanol–water partition coefficient (Wildman–Crippen LogP) is 5.01. The zero-order chi connectivity index (χ0) is 41.8. The molecule has 9 rings (SSSR count). The fraction of sp³-hybridized carbons (Fsp3) is 0.477. The minimum atomic E-state index is -3.61. The first-order valence-corrected chi connectivity index (χ1v) is 22.8. The Labute approximate surface area is 355 Å². The molecular weight excluding hydrogens is 804 g/mol. The Morgan fingerprint density at radius 2 is 1.35 bits per heavy atom. The molecular formula is C44H49ClN8O6S. The molecule has 6 aliphatic rings. The fourth-order valence-corrected chi connectivity index (χ4v) is 11.8. The molecule has 4 amide bonds. The highest BCUT2D eigenvalue weighted by molar-refractivity contribution is 7.89. The second-order valence-corrected chi connectivity index (χ2v) is 19.6. The first-order chi connectivity index (χ1) is 28.9. The van der Waals surface area contributed by atoms with E-state index in [1.165, 1.54) is 0 Å². The van der Waals surface area contributed by atoms with Crippen LogP contribution in [0.1, 0.15) is 65.7 Å². The van der Waals surface area contributed by atoms with Crippen molar-refractivity contribution in [3.63, 3.8) is 0 Å². The number of sulfonamides is 1. The topological polar surface area (TPSA) is 138 Å². The summed E-state index contributed by atoms with van der Waals surface area (Å²) in [5.74, 6) is -1.44. The van der Waals surface area contributed by atoms with Gasteiger partial charge in [0.2, 0.25) is 27.5 Å². The Kier molecular flexibility index (Phi) is 10.9. The van der Waals surface area contributed by atoms with Gasteiger partial charge in [0, 0.05) is 100 Å². The number of carbonyl (C=O) groups is 4. The third-order valence-electron chi connectivity index (χ3n) is 13.8. The van der Waals surface area contributed by atoms with Gasteiger partial charge < -0.3 is 14.7 Å². The second kappa shape index (κ2) is 16.1. The van der Waals surface area contributed by atoms with Gasteiger partial charge in [-0.2, -0.15) is 4.31 Å². The van der Waals surface area contributed by atoms with Gasteiger partial charge in [-0.25, -0.2) is 13.3 Å². The number of amides is 4. The highest BCUT2D eigenvalue weighted by Gasteiger charge is 2.46. The van der Waals surface area contributed by atoms with E-state index in [4.69, 9.17) is 18.2 Å². The molecule has 60 heavy (non-hydrogen) atoms. The molecule has 1 spiro atoms. The van der Waals surface area contributed by atoms with E-state index in [9.17, 15) is 27.6 Å². The summed E-state index contributed by atoms with van der Waals surface area (Å²) in [5, 5.41) is 2.70. The summed E-state index contributed by atoms with van der Waals surface area (Å²) in [7, 11) is -3.61. The van der Waals surface area contributed by atoms with Crippen LogP contribution in [0.5, 0.6) is 0 Å². The van der Waals surface area contributed by atoms with Crippen molar-refractivity contribution < 1.29 is 27.6 Å². The van der Waals surface area contributed by atoms with Gasteiger partial charge in [0.25, 0.3) is 11.8 Å². The van der Waals surface area contributed by atoms with Gasteiger partial charge in [-0.15, -0.1) is 0 Å². The highest BCUT2D eigenvalue weighted by atomic mass is 35.5. The van der Waals surface area contributed by atoms with E-state index in [1.54, 1.807) is 34.6 Å². The lowest BCUT2D eigenvalue weighted by Crippen LogP contribution is -2.54. The normalized spacial score (nSPS) is 23.0. The summed E-state index contributed by atoms with van der Waals surface area (Å²) in [6.07, 6.45) is 4.87. The Morgan fingerprint density at radius 1 is 0.717 bits per heavy atom. The Bertz CT molecular complexity index is 2360. The largest absolute Gasteiger partial charge is 0.371 e. The zero-order valence-electron chi connectivity index (χ0n) is 33.5. The first kappa shape index (κ1) is 40.4. The van der Waals surface area contributed by atoms with Gasteiger partial charge in [-0.3, -0.25) is 34.3 Å². The molecule has 6 aliphatic heterocycles. The number of nitrogens with zero attached hydrogens (tertiary/aromatic N) is 7. The van der Waals surface area contributed by atoms with Gasteiger partial charge in [-0.1, -0.05) is 17.7 Å². The van der Waals surface area contributed by atoms with Crippen molar-refractivity contribution in [3.05, 3.63) is 88.2 Å². The maximum Gasteiger partial charge on any atom is 0.262 e. The van der Waals surface area contributed by atoms with Gasteiger partial charge >= 0.3 is 0 Å². The minimum Gasteiger partial charge on any atom is -0.371 e. The molecule has 3 aromatic carbocycles. The number of halogens is 1. The maximum absolute atomic E-state index is 13.8. The average molecular weight is 853 g/mol. The standard InChI is InChI=1S/C44H49ClN8O6S/c1-46-38-9-5-33(27-37(38)45)51-19-14-44(29-51)15-20-52(21-16-44)60(58,59)34-6-2-31(3-7-34)50-24-22-48(23-25-50)28-30-12-17-49(18-13-30)32-4-8-35-36(26-32)43(57)53(42(35)56)39-10-11-40(54)47-41(39)55/h2-9,26-27,30,39H,10-25,28-29H2,(H,47,54,55). The Balaban J connectivity index is 0.725. The zero-order valence-corrected chi connectivity index (χ0v) is 35.1. The van der Waals surface area contributed by atoms with Crippen molar-refractivity contribution >= 4 is 68.0 Å². The van der Waals surface area contributed by atoms with Crippen LogP contribution in [0.15, 0.2) is 65.6 Å². The third-order valence-corrected chi connectivity index (χ3v) is 16.0. The monoisotopic (exact) mass is 852 g/mol. The van der Waals surface area contributed by atoms with Gasteiger partial charge in [0.05, 0.1) is 22.6 Å². The van der Waals surface area contributed by atoms with Crippen LogP contribution in [0.3, 0.4) is 0 Å². The number of anilines is 3. The molecule has 6 heterocycles. The number of carbonyl (C=O) groups excluding carboxylic acids is 4. The highest BCUT2D eigenvalue weighted by Crippen LogP contribution is 2.44. The fourth-order valence-electron chi connectivity index (χ4n) is 10.1. The van der Waals surface area contributed by atoms with Crippen LogP contribution >= 0.6 is 11.6 Å². The van der Waals surface area contributed by atoms with E-state index in [0.29, 0.717) is 45.7 Å². The summed E-state index contributed by atoms with van der Waals surface area (Å²) in [4.78, 5) is 64.8. The van der Waals surface area contributed by atoms with Crippen molar-refractivity contribution in [2.45, 2.75) is 55.9 Å². The summed E-state index contributed by atoms with van der Waals surface area (Å²) < 4.78 is 29.2. The number of hydrogen-bond donors (Lipinski definition) is 1. The molecule has 16 heteroatoms. The lowest BCUT2D eigenvalue weighted by Gasteiger charge is -2.40. The van der Waals surface area contributed by atoms with E-state index in [2.05, 4.69) is 29.8 Å². The van der Waals surface area contributed by atoms with Crippen LogP contribution < -0.4 is 20.0 Å². The quantitative estimate of drug-likeness (QED) is 0.243. The molecule has 1 atom stereocenters. The van der Waals surface area contributed by atoms with Gasteiger partial charge in [-0.05, 0) is 104 Å². The number of nitrogens with one attached hydrogen (secondary N) is 1. The molecule has 5 saturated heterocycles.